The number of carbonyl (C=O) groups excluding carboxylic acids is 2. The van der Waals surface area contributed by atoms with Crippen LogP contribution in [-0.4, -0.2) is 44.2 Å². The first-order valence-electron chi connectivity index (χ1n) is 9.33. The summed E-state index contributed by atoms with van der Waals surface area (Å²) < 4.78 is 5.47. The van der Waals surface area contributed by atoms with E-state index in [-0.39, 0.29) is 18.6 Å². The fraction of sp³-hybridized carbons (Fsp3) is 0.400. The lowest BCUT2D eigenvalue weighted by Crippen LogP contribution is -3.15. The quantitative estimate of drug-likeness (QED) is 0.612. The van der Waals surface area contributed by atoms with Crippen LogP contribution in [0.4, 0.5) is 0 Å². The van der Waals surface area contributed by atoms with Gasteiger partial charge in [-0.05, 0) is 36.1 Å². The van der Waals surface area contributed by atoms with Gasteiger partial charge in [-0.25, -0.2) is 0 Å². The topological polar surface area (TPSA) is 71.9 Å². The van der Waals surface area contributed by atoms with Crippen LogP contribution < -0.4 is 15.5 Å². The average Bonchev–Trinajstić information content (AvgIpc) is 3.22. The van der Waals surface area contributed by atoms with Gasteiger partial charge >= 0.3 is 11.8 Å². The van der Waals surface area contributed by atoms with E-state index in [9.17, 15) is 9.59 Å². The lowest BCUT2D eigenvalue weighted by molar-refractivity contribution is -0.939. The third-order valence-electron chi connectivity index (χ3n) is 4.86. The van der Waals surface area contributed by atoms with Crippen molar-refractivity contribution in [3.8, 4) is 0 Å². The van der Waals surface area contributed by atoms with Crippen LogP contribution >= 0.6 is 22.9 Å². The van der Waals surface area contributed by atoms with Crippen LogP contribution in [-0.2, 0) is 20.9 Å². The molecule has 1 aromatic heterocycles. The van der Waals surface area contributed by atoms with Gasteiger partial charge in [-0.1, -0.05) is 29.8 Å². The molecule has 0 aliphatic carbocycles. The predicted molar refractivity (Wildman–Crippen MR) is 109 cm³/mol. The number of nitrogens with one attached hydrogen (secondary N) is 3. The highest BCUT2D eigenvalue weighted by Gasteiger charge is 2.33. The molecule has 28 heavy (non-hydrogen) atoms. The molecule has 3 rings (SSSR count). The first-order valence-corrected chi connectivity index (χ1v) is 10.6. The third-order valence-corrected chi connectivity index (χ3v) is 6.06. The molecule has 1 fully saturated rings. The van der Waals surface area contributed by atoms with E-state index in [0.29, 0.717) is 18.2 Å². The highest BCUT2D eigenvalue weighted by molar-refractivity contribution is 7.10. The summed E-state index contributed by atoms with van der Waals surface area (Å²) >= 11 is 7.53. The maximum atomic E-state index is 12.4. The number of hydrogen-bond acceptors (Lipinski definition) is 4. The van der Waals surface area contributed by atoms with Crippen LogP contribution in [0.5, 0.6) is 0 Å². The molecule has 1 saturated heterocycles. The molecule has 2 heterocycles. The molecule has 2 atom stereocenters. The standard InChI is InChI=1S/C20H24ClN3O3S/c1-14(18(17-3-2-12-28-17)24-8-10-27-11-9-24)23-20(26)19(25)22-13-15-4-6-16(21)7-5-15/h2-7,12,14,18H,8-11,13H2,1H3,(H,22,25)(H,23,26)/p+1/t14-,18+/m1/s1. The maximum Gasteiger partial charge on any atom is 0.309 e. The SMILES string of the molecule is C[C@@H](NC(=O)C(=O)NCc1ccc(Cl)cc1)[C@@H](c1cccs1)[NH+]1CCOCC1. The molecule has 0 saturated carbocycles. The first-order chi connectivity index (χ1) is 13.5. The zero-order valence-electron chi connectivity index (χ0n) is 15.7. The van der Waals surface area contributed by atoms with Crippen molar-refractivity contribution >= 4 is 34.8 Å². The fourth-order valence-electron chi connectivity index (χ4n) is 3.43. The summed E-state index contributed by atoms with van der Waals surface area (Å²) in [6.45, 7) is 5.41. The molecular weight excluding hydrogens is 398 g/mol. The predicted octanol–water partition coefficient (Wildman–Crippen LogP) is 1.18. The van der Waals surface area contributed by atoms with Crippen LogP contribution in [0.25, 0.3) is 0 Å². The number of thiophene rings is 1. The van der Waals surface area contributed by atoms with E-state index in [4.69, 9.17) is 16.3 Å². The molecule has 3 N–H and O–H groups in total. The van der Waals surface area contributed by atoms with Crippen molar-refractivity contribution in [1.82, 2.24) is 10.6 Å². The van der Waals surface area contributed by atoms with Crippen molar-refractivity contribution in [3.05, 3.63) is 57.2 Å². The van der Waals surface area contributed by atoms with E-state index in [2.05, 4.69) is 16.7 Å². The van der Waals surface area contributed by atoms with Gasteiger partial charge in [-0.15, -0.1) is 11.3 Å². The molecule has 8 heteroatoms. The van der Waals surface area contributed by atoms with E-state index in [1.165, 1.54) is 9.78 Å². The Morgan fingerprint density at radius 1 is 1.18 bits per heavy atom. The Hall–Kier alpha value is -1.93. The Bertz CT molecular complexity index is 777. The van der Waals surface area contributed by atoms with Gasteiger partial charge in [0, 0.05) is 11.6 Å². The minimum atomic E-state index is -0.635. The lowest BCUT2D eigenvalue weighted by Gasteiger charge is -2.34. The molecule has 0 unspecified atom stereocenters. The Balaban J connectivity index is 1.58. The number of halogens is 1. The molecule has 150 valence electrons. The van der Waals surface area contributed by atoms with Crippen molar-refractivity contribution in [2.45, 2.75) is 25.6 Å². The molecule has 0 spiro atoms. The van der Waals surface area contributed by atoms with E-state index in [1.54, 1.807) is 23.5 Å². The van der Waals surface area contributed by atoms with Crippen LogP contribution in [0.2, 0.25) is 5.02 Å². The molecule has 1 aliphatic heterocycles. The summed E-state index contributed by atoms with van der Waals surface area (Å²) in [7, 11) is 0. The molecule has 0 radical (unpaired) electrons. The number of quaternary nitrogens is 1. The summed E-state index contributed by atoms with van der Waals surface area (Å²) in [5.41, 5.74) is 0.882. The highest BCUT2D eigenvalue weighted by atomic mass is 35.5. The van der Waals surface area contributed by atoms with E-state index < -0.39 is 11.8 Å². The smallest absolute Gasteiger partial charge is 0.309 e. The normalized spacial score (nSPS) is 16.9. The van der Waals surface area contributed by atoms with Crippen molar-refractivity contribution in [2.24, 2.45) is 0 Å². The summed E-state index contributed by atoms with van der Waals surface area (Å²) in [6, 6.07) is 11.2. The summed E-state index contributed by atoms with van der Waals surface area (Å²) in [5.74, 6) is -1.25. The van der Waals surface area contributed by atoms with Crippen molar-refractivity contribution < 1.29 is 19.2 Å². The van der Waals surface area contributed by atoms with Gasteiger partial charge in [0.2, 0.25) is 0 Å². The van der Waals surface area contributed by atoms with E-state index >= 15 is 0 Å². The van der Waals surface area contributed by atoms with E-state index in [0.717, 1.165) is 18.7 Å². The van der Waals surface area contributed by atoms with Crippen molar-refractivity contribution in [1.29, 1.82) is 0 Å². The molecule has 2 amide bonds. The number of carbonyl (C=O) groups is 2. The van der Waals surface area contributed by atoms with Gasteiger partial charge in [0.05, 0.1) is 24.1 Å². The number of morpholine rings is 1. The van der Waals surface area contributed by atoms with Gasteiger partial charge in [0.15, 0.2) is 0 Å². The number of rotatable bonds is 6. The summed E-state index contributed by atoms with van der Waals surface area (Å²) in [4.78, 5) is 27.2. The fourth-order valence-corrected chi connectivity index (χ4v) is 4.55. The molecule has 0 bridgehead atoms. The number of hydrogen-bond donors (Lipinski definition) is 3. The van der Waals surface area contributed by atoms with Crippen LogP contribution in [0.1, 0.15) is 23.4 Å². The van der Waals surface area contributed by atoms with E-state index in [1.807, 2.05) is 30.5 Å². The second kappa shape index (κ2) is 10.0. The summed E-state index contributed by atoms with van der Waals surface area (Å²) in [6.07, 6.45) is 0. The highest BCUT2D eigenvalue weighted by Crippen LogP contribution is 2.20. The minimum absolute atomic E-state index is 0.0944. The number of ether oxygens (including phenoxy) is 1. The zero-order valence-corrected chi connectivity index (χ0v) is 17.3. The van der Waals surface area contributed by atoms with Crippen LogP contribution in [0.3, 0.4) is 0 Å². The molecule has 6 nitrogen and oxygen atoms in total. The Labute approximate surface area is 173 Å². The number of benzene rings is 1. The van der Waals surface area contributed by atoms with Gasteiger partial charge in [0.25, 0.3) is 0 Å². The second-order valence-corrected chi connectivity index (χ2v) is 8.25. The van der Waals surface area contributed by atoms with Crippen LogP contribution in [0.15, 0.2) is 41.8 Å². The Kier molecular flexibility index (Phi) is 7.44. The Morgan fingerprint density at radius 2 is 1.89 bits per heavy atom. The van der Waals surface area contributed by atoms with Crippen molar-refractivity contribution in [2.75, 3.05) is 26.3 Å². The van der Waals surface area contributed by atoms with Crippen molar-refractivity contribution in [3.63, 3.8) is 0 Å². The first kappa shape index (κ1) is 20.8. The zero-order chi connectivity index (χ0) is 19.9. The maximum absolute atomic E-state index is 12.4. The third kappa shape index (κ3) is 5.54. The molecule has 1 aliphatic rings. The molecule has 1 aromatic carbocycles. The summed E-state index contributed by atoms with van der Waals surface area (Å²) in [5, 5.41) is 8.21. The van der Waals surface area contributed by atoms with Gasteiger partial charge in [-0.3, -0.25) is 9.59 Å². The average molecular weight is 423 g/mol. The largest absolute Gasteiger partial charge is 0.370 e. The van der Waals surface area contributed by atoms with Gasteiger partial charge < -0.3 is 20.3 Å². The molecular formula is C20H25ClN3O3S+. The second-order valence-electron chi connectivity index (χ2n) is 6.83. The lowest BCUT2D eigenvalue weighted by atomic mass is 10.1. The monoisotopic (exact) mass is 422 g/mol. The Morgan fingerprint density at radius 3 is 2.54 bits per heavy atom. The number of amides is 2. The minimum Gasteiger partial charge on any atom is -0.370 e. The molecule has 2 aromatic rings. The van der Waals surface area contributed by atoms with Crippen LogP contribution in [0, 0.1) is 0 Å². The van der Waals surface area contributed by atoms with Gasteiger partial charge in [0.1, 0.15) is 19.1 Å². The van der Waals surface area contributed by atoms with Gasteiger partial charge in [-0.2, -0.15) is 0 Å².